The molecule has 1 amide bonds. The number of amides is 1. The number of benzene rings is 2. The minimum atomic E-state index is -0.269. The number of piperidine rings is 1. The molecule has 0 unspecified atom stereocenters. The van der Waals surface area contributed by atoms with Crippen LogP contribution < -0.4 is 0 Å². The van der Waals surface area contributed by atoms with Crippen LogP contribution in [0.1, 0.15) is 58.6 Å². The quantitative estimate of drug-likeness (QED) is 0.473. The Morgan fingerprint density at radius 3 is 2.94 bits per heavy atom. The van der Waals surface area contributed by atoms with E-state index in [9.17, 15) is 9.18 Å². The molecule has 0 radical (unpaired) electrons. The molecule has 4 aromatic rings. The summed E-state index contributed by atoms with van der Waals surface area (Å²) < 4.78 is 19.5. The summed E-state index contributed by atoms with van der Waals surface area (Å²) in [5.41, 5.74) is 3.51. The highest BCUT2D eigenvalue weighted by molar-refractivity contribution is 5.99. The highest BCUT2D eigenvalue weighted by Crippen LogP contribution is 2.33. The number of halogens is 1. The molecule has 0 bridgehead atoms. The monoisotopic (exact) mass is 417 g/mol. The molecule has 0 saturated carbocycles. The summed E-state index contributed by atoms with van der Waals surface area (Å²) in [6.45, 7) is 2.71. The maximum absolute atomic E-state index is 13.5. The third-order valence-corrected chi connectivity index (χ3v) is 6.00. The third kappa shape index (κ3) is 3.85. The van der Waals surface area contributed by atoms with E-state index in [0.29, 0.717) is 30.3 Å². The number of aromatic nitrogens is 2. The number of carbonyl (C=O) groups excluding carboxylic acids is 1. The zero-order valence-electron chi connectivity index (χ0n) is 17.4. The first-order chi connectivity index (χ1) is 15.1. The van der Waals surface area contributed by atoms with Gasteiger partial charge in [0.25, 0.3) is 5.91 Å². The SMILES string of the molecule is Cc1cccc2[nH]c(C(=O)N3CCCC[C@H]3c3ncc(Cc4cccc(F)c4)o3)cc12. The topological polar surface area (TPSA) is 62.1 Å². The van der Waals surface area contributed by atoms with E-state index in [1.165, 1.54) is 12.1 Å². The van der Waals surface area contributed by atoms with E-state index in [-0.39, 0.29) is 17.8 Å². The van der Waals surface area contributed by atoms with Crippen molar-refractivity contribution in [2.45, 2.75) is 38.6 Å². The Morgan fingerprint density at radius 2 is 2.10 bits per heavy atom. The van der Waals surface area contributed by atoms with Crippen molar-refractivity contribution in [3.63, 3.8) is 0 Å². The van der Waals surface area contributed by atoms with E-state index >= 15 is 0 Å². The minimum absolute atomic E-state index is 0.0369. The van der Waals surface area contributed by atoms with Crippen molar-refractivity contribution in [1.82, 2.24) is 14.9 Å². The summed E-state index contributed by atoms with van der Waals surface area (Å²) >= 11 is 0. The largest absolute Gasteiger partial charge is 0.443 e. The van der Waals surface area contributed by atoms with Gasteiger partial charge >= 0.3 is 0 Å². The van der Waals surface area contributed by atoms with Gasteiger partial charge < -0.3 is 14.3 Å². The lowest BCUT2D eigenvalue weighted by Gasteiger charge is -2.33. The fourth-order valence-electron chi connectivity index (χ4n) is 4.41. The van der Waals surface area contributed by atoms with E-state index in [2.05, 4.69) is 9.97 Å². The molecule has 3 heterocycles. The second-order valence-corrected chi connectivity index (χ2v) is 8.20. The van der Waals surface area contributed by atoms with E-state index in [0.717, 1.165) is 41.3 Å². The third-order valence-electron chi connectivity index (χ3n) is 6.00. The average Bonchev–Trinajstić information content (AvgIpc) is 3.41. The van der Waals surface area contributed by atoms with Crippen LogP contribution in [0.4, 0.5) is 4.39 Å². The zero-order valence-corrected chi connectivity index (χ0v) is 17.4. The Kier molecular flexibility index (Phi) is 5.06. The van der Waals surface area contributed by atoms with Gasteiger partial charge in [0, 0.05) is 23.9 Å². The minimum Gasteiger partial charge on any atom is -0.443 e. The van der Waals surface area contributed by atoms with E-state index in [1.807, 2.05) is 42.2 Å². The molecule has 5 nitrogen and oxygen atoms in total. The molecular formula is C25H24FN3O2. The molecule has 1 fully saturated rings. The predicted octanol–water partition coefficient (Wildman–Crippen LogP) is 5.56. The van der Waals surface area contributed by atoms with Crippen LogP contribution in [-0.4, -0.2) is 27.3 Å². The second-order valence-electron chi connectivity index (χ2n) is 8.20. The molecule has 0 aliphatic carbocycles. The van der Waals surface area contributed by atoms with Crippen LogP contribution in [0.25, 0.3) is 10.9 Å². The van der Waals surface area contributed by atoms with Crippen LogP contribution in [0.15, 0.2) is 59.1 Å². The molecule has 5 rings (SSSR count). The first-order valence-electron chi connectivity index (χ1n) is 10.7. The molecule has 1 atom stereocenters. The van der Waals surface area contributed by atoms with Gasteiger partial charge in [0.2, 0.25) is 5.89 Å². The maximum Gasteiger partial charge on any atom is 0.270 e. The van der Waals surface area contributed by atoms with Gasteiger partial charge in [0.05, 0.1) is 6.20 Å². The number of aromatic amines is 1. The normalized spacial score (nSPS) is 16.7. The van der Waals surface area contributed by atoms with Gasteiger partial charge in [-0.15, -0.1) is 0 Å². The number of nitrogens with zero attached hydrogens (tertiary/aromatic N) is 2. The van der Waals surface area contributed by atoms with Crippen molar-refractivity contribution >= 4 is 16.8 Å². The molecule has 2 aromatic heterocycles. The van der Waals surface area contributed by atoms with Crippen LogP contribution in [-0.2, 0) is 6.42 Å². The van der Waals surface area contributed by atoms with Gasteiger partial charge in [-0.1, -0.05) is 24.3 Å². The van der Waals surface area contributed by atoms with Gasteiger partial charge in [0.1, 0.15) is 23.3 Å². The molecule has 31 heavy (non-hydrogen) atoms. The van der Waals surface area contributed by atoms with E-state index in [4.69, 9.17) is 4.42 Å². The summed E-state index contributed by atoms with van der Waals surface area (Å²) in [5, 5.41) is 1.06. The summed E-state index contributed by atoms with van der Waals surface area (Å²) in [6, 6.07) is 14.2. The number of fused-ring (bicyclic) bond motifs is 1. The van der Waals surface area contributed by atoms with Crippen molar-refractivity contribution in [3.8, 4) is 0 Å². The number of hydrogen-bond acceptors (Lipinski definition) is 3. The predicted molar refractivity (Wildman–Crippen MR) is 116 cm³/mol. The smallest absolute Gasteiger partial charge is 0.270 e. The van der Waals surface area contributed by atoms with Crippen molar-refractivity contribution in [2.75, 3.05) is 6.54 Å². The van der Waals surface area contributed by atoms with Crippen LogP contribution >= 0.6 is 0 Å². The Hall–Kier alpha value is -3.41. The molecule has 1 aliphatic heterocycles. The number of nitrogens with one attached hydrogen (secondary N) is 1. The molecule has 0 spiro atoms. The number of likely N-dealkylation sites (tertiary alicyclic amines) is 1. The highest BCUT2D eigenvalue weighted by Gasteiger charge is 2.32. The first-order valence-corrected chi connectivity index (χ1v) is 10.7. The van der Waals surface area contributed by atoms with Gasteiger partial charge in [-0.05, 0) is 61.6 Å². The van der Waals surface area contributed by atoms with E-state index < -0.39 is 0 Å². The number of oxazole rings is 1. The first kappa shape index (κ1) is 19.5. The molecule has 1 saturated heterocycles. The Balaban J connectivity index is 1.39. The van der Waals surface area contributed by atoms with Crippen molar-refractivity contribution in [2.24, 2.45) is 0 Å². The lowest BCUT2D eigenvalue weighted by molar-refractivity contribution is 0.0565. The zero-order chi connectivity index (χ0) is 21.4. The van der Waals surface area contributed by atoms with Crippen LogP contribution in [0.2, 0.25) is 0 Å². The molecule has 158 valence electrons. The molecule has 1 N–H and O–H groups in total. The number of aryl methyl sites for hydroxylation is 1. The van der Waals surface area contributed by atoms with Crippen molar-refractivity contribution < 1.29 is 13.6 Å². The molecule has 6 heteroatoms. The number of carbonyl (C=O) groups is 1. The standard InChI is InChI=1S/C25H24FN3O2/c1-16-6-4-9-21-20(16)14-22(28-21)25(30)29-11-3-2-10-23(29)24-27-15-19(31-24)13-17-7-5-8-18(26)12-17/h4-9,12,14-15,23,28H,2-3,10-11,13H2,1H3/t23-/m0/s1. The van der Waals surface area contributed by atoms with Gasteiger partial charge in [-0.2, -0.15) is 0 Å². The van der Waals surface area contributed by atoms with E-state index in [1.54, 1.807) is 12.3 Å². The average molecular weight is 417 g/mol. The molecule has 1 aliphatic rings. The summed E-state index contributed by atoms with van der Waals surface area (Å²) in [6.07, 6.45) is 4.93. The number of rotatable bonds is 4. The van der Waals surface area contributed by atoms with Gasteiger partial charge in [0.15, 0.2) is 0 Å². The molecular weight excluding hydrogens is 393 g/mol. The highest BCUT2D eigenvalue weighted by atomic mass is 19.1. The van der Waals surface area contributed by atoms with Gasteiger partial charge in [-0.25, -0.2) is 9.37 Å². The van der Waals surface area contributed by atoms with Crippen LogP contribution in [0, 0.1) is 12.7 Å². The maximum atomic E-state index is 13.5. The number of hydrogen-bond donors (Lipinski definition) is 1. The Morgan fingerprint density at radius 1 is 1.23 bits per heavy atom. The summed E-state index contributed by atoms with van der Waals surface area (Å²) in [7, 11) is 0. The lowest BCUT2D eigenvalue weighted by Crippen LogP contribution is -2.38. The second kappa shape index (κ2) is 8.02. The Bertz CT molecular complexity index is 1240. The van der Waals surface area contributed by atoms with Crippen LogP contribution in [0.3, 0.4) is 0 Å². The summed E-state index contributed by atoms with van der Waals surface area (Å²) in [5.74, 6) is 0.909. The van der Waals surface area contributed by atoms with Gasteiger partial charge in [-0.3, -0.25) is 4.79 Å². The molecule has 2 aromatic carbocycles. The fraction of sp³-hybridized carbons (Fsp3) is 0.280. The van der Waals surface area contributed by atoms with Crippen molar-refractivity contribution in [1.29, 1.82) is 0 Å². The fourth-order valence-corrected chi connectivity index (χ4v) is 4.41. The van der Waals surface area contributed by atoms with Crippen LogP contribution in [0.5, 0.6) is 0 Å². The Labute approximate surface area is 179 Å². The number of H-pyrrole nitrogens is 1. The lowest BCUT2D eigenvalue weighted by atomic mass is 10.0. The van der Waals surface area contributed by atoms with Crippen molar-refractivity contribution in [3.05, 3.63) is 89.0 Å². The summed E-state index contributed by atoms with van der Waals surface area (Å²) in [4.78, 5) is 23.0.